The fourth-order valence-corrected chi connectivity index (χ4v) is 3.22. The van der Waals surface area contributed by atoms with Gasteiger partial charge in [-0.05, 0) is 25.7 Å². The molecule has 2 aliphatic rings. The number of aliphatic imine (C=N–C) groups is 1. The van der Waals surface area contributed by atoms with Crippen LogP contribution in [0.1, 0.15) is 25.3 Å². The minimum absolute atomic E-state index is 0.449. The van der Waals surface area contributed by atoms with E-state index in [0.29, 0.717) is 23.0 Å². The minimum Gasteiger partial charge on any atom is -0.381 e. The summed E-state index contributed by atoms with van der Waals surface area (Å²) >= 11 is 6.24. The molecule has 3 rings (SSSR count). The van der Waals surface area contributed by atoms with Gasteiger partial charge in [-0.3, -0.25) is 4.99 Å². The Labute approximate surface area is 134 Å². The summed E-state index contributed by atoms with van der Waals surface area (Å²) in [5.74, 6) is 0.0498. The molecule has 0 bridgehead atoms. The van der Waals surface area contributed by atoms with E-state index in [2.05, 4.69) is 14.9 Å². The van der Waals surface area contributed by atoms with Crippen LogP contribution in [0.2, 0.25) is 5.02 Å². The molecule has 2 aliphatic heterocycles. The molecule has 0 unspecified atom stereocenters. The summed E-state index contributed by atoms with van der Waals surface area (Å²) in [5, 5.41) is 0.449. The van der Waals surface area contributed by atoms with Gasteiger partial charge in [0.05, 0.1) is 23.0 Å². The highest BCUT2D eigenvalue weighted by Gasteiger charge is 2.24. The number of halogens is 2. The number of allylic oxidation sites excluding steroid dienone is 1. The van der Waals surface area contributed by atoms with Crippen LogP contribution in [0, 0.1) is 11.9 Å². The van der Waals surface area contributed by atoms with Crippen LogP contribution >= 0.6 is 11.6 Å². The monoisotopic (exact) mass is 323 g/mol. The largest absolute Gasteiger partial charge is 0.381 e. The Morgan fingerprint density at radius 1 is 1.41 bits per heavy atom. The van der Waals surface area contributed by atoms with E-state index < -0.39 is 5.95 Å². The molecule has 0 spiro atoms. The van der Waals surface area contributed by atoms with Crippen LogP contribution in [0.15, 0.2) is 23.0 Å². The minimum atomic E-state index is -0.528. The van der Waals surface area contributed by atoms with Gasteiger partial charge in [0.2, 0.25) is 5.95 Å². The average Bonchev–Trinajstić information content (AvgIpc) is 2.51. The Morgan fingerprint density at radius 2 is 2.18 bits per heavy atom. The molecule has 0 aromatic carbocycles. The maximum atomic E-state index is 13.5. The van der Waals surface area contributed by atoms with Gasteiger partial charge in [0.1, 0.15) is 0 Å². The summed E-state index contributed by atoms with van der Waals surface area (Å²) in [5.41, 5.74) is 2.42. The van der Waals surface area contributed by atoms with Crippen molar-refractivity contribution in [1.29, 1.82) is 0 Å². The Bertz CT molecular complexity index is 611. The van der Waals surface area contributed by atoms with E-state index in [4.69, 9.17) is 16.3 Å². The lowest BCUT2D eigenvalue weighted by Crippen LogP contribution is -2.34. The molecular weight excluding hydrogens is 305 g/mol. The van der Waals surface area contributed by atoms with Crippen molar-refractivity contribution < 1.29 is 9.13 Å². The molecule has 0 N–H and O–H groups in total. The van der Waals surface area contributed by atoms with Crippen molar-refractivity contribution in [2.45, 2.75) is 19.8 Å². The summed E-state index contributed by atoms with van der Waals surface area (Å²) in [7, 11) is 0. The fraction of sp³-hybridized carbons (Fsp3) is 0.500. The number of rotatable bonds is 3. The van der Waals surface area contributed by atoms with Gasteiger partial charge in [-0.1, -0.05) is 11.6 Å². The van der Waals surface area contributed by atoms with Gasteiger partial charge in [0.25, 0.3) is 0 Å². The molecular formula is C16H19ClFN3O. The standard InChI is InChI=1S/C16H19ClFN3O/c1-11-16(13-8-15(18)20-9-14(13)17)21(5-4-19-11)10-12-2-6-22-7-3-12/h4,8-9,12H,2-3,5-7,10H2,1H3. The number of hydrogen-bond donors (Lipinski definition) is 0. The second kappa shape index (κ2) is 6.75. The highest BCUT2D eigenvalue weighted by molar-refractivity contribution is 6.32. The predicted octanol–water partition coefficient (Wildman–Crippen LogP) is 3.38. The zero-order valence-corrected chi connectivity index (χ0v) is 13.3. The molecule has 0 aliphatic carbocycles. The van der Waals surface area contributed by atoms with Crippen molar-refractivity contribution in [1.82, 2.24) is 9.88 Å². The van der Waals surface area contributed by atoms with Gasteiger partial charge in [-0.25, -0.2) is 4.98 Å². The smallest absolute Gasteiger partial charge is 0.213 e. The molecule has 4 nitrogen and oxygen atoms in total. The Kier molecular flexibility index (Phi) is 4.74. The number of pyridine rings is 1. The van der Waals surface area contributed by atoms with Crippen LogP contribution in [-0.4, -0.2) is 42.4 Å². The third kappa shape index (κ3) is 3.31. The van der Waals surface area contributed by atoms with E-state index in [9.17, 15) is 4.39 Å². The molecule has 1 fully saturated rings. The molecule has 0 atom stereocenters. The van der Waals surface area contributed by atoms with Gasteiger partial charge in [-0.15, -0.1) is 0 Å². The maximum absolute atomic E-state index is 13.5. The predicted molar refractivity (Wildman–Crippen MR) is 85.4 cm³/mol. The molecule has 22 heavy (non-hydrogen) atoms. The van der Waals surface area contributed by atoms with E-state index in [0.717, 1.165) is 44.0 Å². The van der Waals surface area contributed by atoms with E-state index in [-0.39, 0.29) is 0 Å². The summed E-state index contributed by atoms with van der Waals surface area (Å²) in [6.45, 7) is 5.17. The lowest BCUT2D eigenvalue weighted by Gasteiger charge is -2.34. The lowest BCUT2D eigenvalue weighted by atomic mass is 9.98. The second-order valence-electron chi connectivity index (χ2n) is 5.69. The molecule has 3 heterocycles. The summed E-state index contributed by atoms with van der Waals surface area (Å²) in [6, 6.07) is 1.39. The SMILES string of the molecule is CC1=C(c2cc(F)ncc2Cl)N(CC2CCOCC2)CC=N1. The quantitative estimate of drug-likeness (QED) is 0.800. The first-order chi connectivity index (χ1) is 10.6. The normalized spacial score (nSPS) is 19.9. The molecule has 1 aromatic heterocycles. The summed E-state index contributed by atoms with van der Waals surface area (Å²) in [6.07, 6.45) is 5.36. The lowest BCUT2D eigenvalue weighted by molar-refractivity contribution is 0.0598. The van der Waals surface area contributed by atoms with E-state index in [1.807, 2.05) is 13.1 Å². The van der Waals surface area contributed by atoms with Crippen molar-refractivity contribution in [3.8, 4) is 0 Å². The average molecular weight is 324 g/mol. The van der Waals surface area contributed by atoms with Crippen molar-refractivity contribution in [2.75, 3.05) is 26.3 Å². The molecule has 118 valence electrons. The van der Waals surface area contributed by atoms with Gasteiger partial charge >= 0.3 is 0 Å². The zero-order valence-electron chi connectivity index (χ0n) is 12.6. The number of nitrogens with zero attached hydrogens (tertiary/aromatic N) is 3. The highest BCUT2D eigenvalue weighted by atomic mass is 35.5. The van der Waals surface area contributed by atoms with Crippen LogP contribution in [-0.2, 0) is 4.74 Å². The number of hydrogen-bond acceptors (Lipinski definition) is 4. The second-order valence-corrected chi connectivity index (χ2v) is 6.10. The van der Waals surface area contributed by atoms with Crippen LogP contribution < -0.4 is 0 Å². The van der Waals surface area contributed by atoms with Gasteiger partial charge < -0.3 is 9.64 Å². The summed E-state index contributed by atoms with van der Waals surface area (Å²) < 4.78 is 19.0. The molecule has 0 amide bonds. The molecule has 0 radical (unpaired) electrons. The van der Waals surface area contributed by atoms with Crippen molar-refractivity contribution in [3.05, 3.63) is 34.5 Å². The van der Waals surface area contributed by atoms with Gasteiger partial charge in [0.15, 0.2) is 0 Å². The Balaban J connectivity index is 1.89. The van der Waals surface area contributed by atoms with E-state index in [1.54, 1.807) is 0 Å². The maximum Gasteiger partial charge on any atom is 0.213 e. The van der Waals surface area contributed by atoms with Crippen LogP contribution in [0.5, 0.6) is 0 Å². The van der Waals surface area contributed by atoms with Crippen LogP contribution in [0.4, 0.5) is 4.39 Å². The first-order valence-electron chi connectivity index (χ1n) is 7.52. The van der Waals surface area contributed by atoms with Gasteiger partial charge in [0, 0.05) is 43.8 Å². The van der Waals surface area contributed by atoms with Gasteiger partial charge in [-0.2, -0.15) is 4.39 Å². The molecule has 6 heteroatoms. The fourth-order valence-electron chi connectivity index (χ4n) is 3.02. The third-order valence-electron chi connectivity index (χ3n) is 4.14. The van der Waals surface area contributed by atoms with Crippen molar-refractivity contribution in [3.63, 3.8) is 0 Å². The topological polar surface area (TPSA) is 37.7 Å². The summed E-state index contributed by atoms with van der Waals surface area (Å²) in [4.78, 5) is 10.2. The third-order valence-corrected chi connectivity index (χ3v) is 4.44. The Morgan fingerprint density at radius 3 is 2.95 bits per heavy atom. The van der Waals surface area contributed by atoms with Crippen LogP contribution in [0.3, 0.4) is 0 Å². The highest BCUT2D eigenvalue weighted by Crippen LogP contribution is 2.32. The first-order valence-corrected chi connectivity index (χ1v) is 7.90. The molecule has 1 aromatic rings. The molecule has 1 saturated heterocycles. The van der Waals surface area contributed by atoms with Crippen LogP contribution in [0.25, 0.3) is 5.70 Å². The number of ether oxygens (including phenoxy) is 1. The molecule has 0 saturated carbocycles. The number of aromatic nitrogens is 1. The van der Waals surface area contributed by atoms with Crippen molar-refractivity contribution in [2.24, 2.45) is 10.9 Å². The van der Waals surface area contributed by atoms with E-state index in [1.165, 1.54) is 12.3 Å². The first kappa shape index (κ1) is 15.4. The van der Waals surface area contributed by atoms with Crippen molar-refractivity contribution >= 4 is 23.5 Å². The Hall–Kier alpha value is -1.46. The zero-order chi connectivity index (χ0) is 15.5. The van der Waals surface area contributed by atoms with E-state index >= 15 is 0 Å².